The van der Waals surface area contributed by atoms with Gasteiger partial charge in [0, 0.05) is 5.56 Å². The molecule has 106 valence electrons. The van der Waals surface area contributed by atoms with E-state index < -0.39 is 11.8 Å². The zero-order valence-corrected chi connectivity index (χ0v) is 11.1. The quantitative estimate of drug-likeness (QED) is 0.906. The number of nitrogens with zero attached hydrogens (tertiary/aromatic N) is 1. The summed E-state index contributed by atoms with van der Waals surface area (Å²) in [6.45, 7) is 0. The molecule has 0 fully saturated rings. The molecule has 1 aliphatic heterocycles. The van der Waals surface area contributed by atoms with E-state index in [4.69, 9.17) is 4.84 Å². The third-order valence-corrected chi connectivity index (χ3v) is 3.40. The lowest BCUT2D eigenvalue weighted by atomic mass is 9.93. The Balaban J connectivity index is 1.94. The van der Waals surface area contributed by atoms with Crippen LogP contribution >= 0.6 is 0 Å². The topological polar surface area (TPSA) is 79.1 Å². The number of rotatable bonds is 3. The molecule has 0 saturated carbocycles. The van der Waals surface area contributed by atoms with Gasteiger partial charge < -0.3 is 15.1 Å². The summed E-state index contributed by atoms with van der Waals surface area (Å²) >= 11 is 0. The summed E-state index contributed by atoms with van der Waals surface area (Å²) in [4.78, 5) is 16.4. The van der Waals surface area contributed by atoms with Crippen molar-refractivity contribution in [1.82, 2.24) is 0 Å². The molecule has 2 aromatic carbocycles. The fraction of sp³-hybridized carbons (Fsp3) is 0.125. The Morgan fingerprint density at radius 2 is 1.76 bits per heavy atom. The van der Waals surface area contributed by atoms with Gasteiger partial charge in [-0.15, -0.1) is 0 Å². The summed E-state index contributed by atoms with van der Waals surface area (Å²) in [6, 6.07) is 15.5. The smallest absolute Gasteiger partial charge is 0.336 e. The molecule has 1 heterocycles. The number of carbonyl (C=O) groups is 1. The molecule has 0 amide bonds. The van der Waals surface area contributed by atoms with E-state index in [0.717, 1.165) is 5.56 Å². The number of hydrogen-bond donors (Lipinski definition) is 2. The molecular weight excluding hydrogens is 270 g/mol. The van der Waals surface area contributed by atoms with Crippen molar-refractivity contribution in [3.8, 4) is 0 Å². The van der Waals surface area contributed by atoms with Crippen LogP contribution in [0.25, 0.3) is 0 Å². The maximum atomic E-state index is 11.3. The van der Waals surface area contributed by atoms with Crippen molar-refractivity contribution < 1.29 is 19.8 Å². The van der Waals surface area contributed by atoms with Gasteiger partial charge in [0.2, 0.25) is 0 Å². The monoisotopic (exact) mass is 283 g/mol. The van der Waals surface area contributed by atoms with Crippen molar-refractivity contribution >= 4 is 11.7 Å². The van der Waals surface area contributed by atoms with Crippen LogP contribution in [-0.2, 0) is 10.6 Å². The number of carboxylic acids is 1. The highest BCUT2D eigenvalue weighted by molar-refractivity contribution is 6.01. The number of oxime groups is 1. The van der Waals surface area contributed by atoms with Crippen LogP contribution in [0, 0.1) is 0 Å². The molecule has 0 aliphatic carbocycles. The van der Waals surface area contributed by atoms with Crippen molar-refractivity contribution in [1.29, 1.82) is 0 Å². The van der Waals surface area contributed by atoms with E-state index in [9.17, 15) is 15.0 Å². The van der Waals surface area contributed by atoms with E-state index in [2.05, 4.69) is 5.16 Å². The first-order valence-corrected chi connectivity index (χ1v) is 6.46. The second-order valence-corrected chi connectivity index (χ2v) is 4.81. The van der Waals surface area contributed by atoms with Crippen LogP contribution in [0.5, 0.6) is 0 Å². The Labute approximate surface area is 121 Å². The highest BCUT2D eigenvalue weighted by atomic mass is 16.7. The minimum absolute atomic E-state index is 0.00418. The first-order valence-electron chi connectivity index (χ1n) is 6.46. The van der Waals surface area contributed by atoms with E-state index in [1.54, 1.807) is 12.1 Å². The summed E-state index contributed by atoms with van der Waals surface area (Å²) in [6.07, 6.45) is 0.0985. The lowest BCUT2D eigenvalue weighted by Crippen LogP contribution is -2.28. The van der Waals surface area contributed by atoms with Crippen LogP contribution < -0.4 is 0 Å². The summed E-state index contributed by atoms with van der Waals surface area (Å²) < 4.78 is 0. The van der Waals surface area contributed by atoms with Gasteiger partial charge in [-0.3, -0.25) is 0 Å². The molecular formula is C16H13NO4. The molecule has 2 N–H and O–H groups in total. The van der Waals surface area contributed by atoms with E-state index >= 15 is 0 Å². The number of benzene rings is 2. The Bertz CT molecular complexity index is 711. The summed E-state index contributed by atoms with van der Waals surface area (Å²) in [5.41, 5.74) is 1.62. The molecule has 0 bridgehead atoms. The summed E-state index contributed by atoms with van der Waals surface area (Å²) in [5, 5.41) is 23.8. The Hall–Kier alpha value is -2.66. The lowest BCUT2D eigenvalue weighted by molar-refractivity contribution is -0.193. The van der Waals surface area contributed by atoms with E-state index in [1.807, 2.05) is 30.3 Å². The van der Waals surface area contributed by atoms with E-state index in [0.29, 0.717) is 5.71 Å². The minimum atomic E-state index is -1.75. The molecule has 0 aromatic heterocycles. The summed E-state index contributed by atoms with van der Waals surface area (Å²) in [7, 11) is 0. The fourth-order valence-corrected chi connectivity index (χ4v) is 2.36. The van der Waals surface area contributed by atoms with Gasteiger partial charge in [0.1, 0.15) is 0 Å². The van der Waals surface area contributed by atoms with Gasteiger partial charge in [0.15, 0.2) is 0 Å². The molecule has 1 aliphatic rings. The average Bonchev–Trinajstić information content (AvgIpc) is 2.92. The normalized spacial score (nSPS) is 20.7. The van der Waals surface area contributed by atoms with E-state index in [-0.39, 0.29) is 17.5 Å². The summed E-state index contributed by atoms with van der Waals surface area (Å²) in [5.74, 6) is -2.86. The minimum Gasteiger partial charge on any atom is -0.478 e. The largest absolute Gasteiger partial charge is 0.478 e. The molecule has 0 spiro atoms. The van der Waals surface area contributed by atoms with Crippen LogP contribution in [0.3, 0.4) is 0 Å². The molecule has 5 heteroatoms. The second-order valence-electron chi connectivity index (χ2n) is 4.81. The molecule has 2 aromatic rings. The number of carboxylic acid groups (broad SMARTS) is 1. The van der Waals surface area contributed by atoms with Crippen LogP contribution in [0.1, 0.15) is 27.9 Å². The van der Waals surface area contributed by atoms with Gasteiger partial charge in [-0.25, -0.2) is 4.79 Å². The molecule has 0 saturated heterocycles. The second kappa shape index (κ2) is 5.03. The number of hydrogen-bond acceptors (Lipinski definition) is 4. The van der Waals surface area contributed by atoms with Crippen LogP contribution in [0.4, 0.5) is 0 Å². The zero-order valence-electron chi connectivity index (χ0n) is 11.1. The average molecular weight is 283 g/mol. The SMILES string of the molecule is O=C(O)c1ccccc1C1(O)CC(c2ccccc2)=NO1. The maximum absolute atomic E-state index is 11.3. The zero-order chi connectivity index (χ0) is 14.9. The van der Waals surface area contributed by atoms with Gasteiger partial charge in [-0.05, 0) is 11.6 Å². The van der Waals surface area contributed by atoms with Gasteiger partial charge in [0.25, 0.3) is 5.79 Å². The van der Waals surface area contributed by atoms with Crippen LogP contribution in [0.2, 0.25) is 0 Å². The van der Waals surface area contributed by atoms with E-state index in [1.165, 1.54) is 12.1 Å². The van der Waals surface area contributed by atoms with Crippen molar-refractivity contribution in [2.75, 3.05) is 0 Å². The fourth-order valence-electron chi connectivity index (χ4n) is 2.36. The van der Waals surface area contributed by atoms with Gasteiger partial charge in [-0.1, -0.05) is 53.7 Å². The molecule has 3 rings (SSSR count). The van der Waals surface area contributed by atoms with Gasteiger partial charge >= 0.3 is 5.97 Å². The highest BCUT2D eigenvalue weighted by Crippen LogP contribution is 2.35. The third-order valence-electron chi connectivity index (χ3n) is 3.40. The first kappa shape index (κ1) is 13.3. The first-order chi connectivity index (χ1) is 10.1. The Morgan fingerprint density at radius 3 is 2.48 bits per heavy atom. The molecule has 1 unspecified atom stereocenters. The predicted octanol–water partition coefficient (Wildman–Crippen LogP) is 2.35. The van der Waals surface area contributed by atoms with Gasteiger partial charge in [-0.2, -0.15) is 0 Å². The van der Waals surface area contributed by atoms with Crippen molar-refractivity contribution in [2.24, 2.45) is 5.16 Å². The maximum Gasteiger partial charge on any atom is 0.336 e. The Morgan fingerprint density at radius 1 is 1.10 bits per heavy atom. The molecule has 0 radical (unpaired) electrons. The Kier molecular flexibility index (Phi) is 3.19. The number of aliphatic hydroxyl groups is 1. The lowest BCUT2D eigenvalue weighted by Gasteiger charge is -2.21. The third kappa shape index (κ3) is 2.39. The van der Waals surface area contributed by atoms with Crippen molar-refractivity contribution in [3.05, 3.63) is 71.3 Å². The van der Waals surface area contributed by atoms with Gasteiger partial charge in [0.05, 0.1) is 17.7 Å². The highest BCUT2D eigenvalue weighted by Gasteiger charge is 2.41. The predicted molar refractivity (Wildman–Crippen MR) is 76.0 cm³/mol. The standard InChI is InChI=1S/C16H13NO4/c18-15(19)12-8-4-5-9-13(12)16(20)10-14(17-21-16)11-6-2-1-3-7-11/h1-9,20H,10H2,(H,18,19). The van der Waals surface area contributed by atoms with Crippen LogP contribution in [0.15, 0.2) is 59.8 Å². The molecule has 1 atom stereocenters. The van der Waals surface area contributed by atoms with Crippen LogP contribution in [-0.4, -0.2) is 21.9 Å². The van der Waals surface area contributed by atoms with Crippen molar-refractivity contribution in [3.63, 3.8) is 0 Å². The molecule has 21 heavy (non-hydrogen) atoms. The van der Waals surface area contributed by atoms with Crippen molar-refractivity contribution in [2.45, 2.75) is 12.2 Å². The molecule has 5 nitrogen and oxygen atoms in total. The number of aromatic carboxylic acids is 1.